The van der Waals surface area contributed by atoms with Crippen LogP contribution in [-0.2, 0) is 6.54 Å². The van der Waals surface area contributed by atoms with E-state index in [1.807, 2.05) is 19.9 Å². The molecule has 0 aliphatic carbocycles. The van der Waals surface area contributed by atoms with Crippen LogP contribution in [0.2, 0.25) is 0 Å². The van der Waals surface area contributed by atoms with Gasteiger partial charge in [-0.2, -0.15) is 5.10 Å². The number of aliphatic hydroxyl groups is 1. The number of carbonyl (C=O) groups excluding carboxylic acids is 1. The average molecular weight is 253 g/mol. The van der Waals surface area contributed by atoms with Crippen LogP contribution in [0, 0.1) is 6.92 Å². The molecule has 1 aromatic heterocycles. The Morgan fingerprint density at radius 1 is 1.39 bits per heavy atom. The van der Waals surface area contributed by atoms with E-state index in [1.165, 1.54) is 0 Å². The van der Waals surface area contributed by atoms with Crippen molar-refractivity contribution in [3.63, 3.8) is 0 Å². The van der Waals surface area contributed by atoms with Gasteiger partial charge in [0.25, 0.3) is 5.91 Å². The monoisotopic (exact) mass is 253 g/mol. The summed E-state index contributed by atoms with van der Waals surface area (Å²) >= 11 is 0. The first-order valence-corrected chi connectivity index (χ1v) is 6.62. The Kier molecular flexibility index (Phi) is 6.43. The van der Waals surface area contributed by atoms with Crippen molar-refractivity contribution >= 4 is 5.91 Å². The highest BCUT2D eigenvalue weighted by molar-refractivity contribution is 5.92. The van der Waals surface area contributed by atoms with Gasteiger partial charge < -0.3 is 10.4 Å². The molecule has 1 heterocycles. The zero-order chi connectivity index (χ0) is 13.4. The lowest BCUT2D eigenvalue weighted by atomic mass is 10.2. The van der Waals surface area contributed by atoms with Gasteiger partial charge in [-0.15, -0.1) is 0 Å². The first-order chi connectivity index (χ1) is 8.69. The van der Waals surface area contributed by atoms with E-state index >= 15 is 0 Å². The van der Waals surface area contributed by atoms with E-state index in [0.717, 1.165) is 31.4 Å². The Hall–Kier alpha value is -1.36. The summed E-state index contributed by atoms with van der Waals surface area (Å²) in [4.78, 5) is 11.9. The Morgan fingerprint density at radius 3 is 2.78 bits per heavy atom. The van der Waals surface area contributed by atoms with Gasteiger partial charge in [0.15, 0.2) is 0 Å². The van der Waals surface area contributed by atoms with Crippen LogP contribution in [-0.4, -0.2) is 33.9 Å². The number of amides is 1. The second-order valence-electron chi connectivity index (χ2n) is 4.38. The van der Waals surface area contributed by atoms with Crippen molar-refractivity contribution < 1.29 is 9.90 Å². The highest BCUT2D eigenvalue weighted by Crippen LogP contribution is 2.04. The first-order valence-electron chi connectivity index (χ1n) is 6.62. The van der Waals surface area contributed by atoms with Crippen molar-refractivity contribution in [2.75, 3.05) is 13.2 Å². The third-order valence-corrected chi connectivity index (χ3v) is 2.80. The molecule has 102 valence electrons. The summed E-state index contributed by atoms with van der Waals surface area (Å²) in [6, 6.07) is 1.81. The maximum Gasteiger partial charge on any atom is 0.269 e. The number of carbonyl (C=O) groups is 1. The molecule has 0 saturated carbocycles. The summed E-state index contributed by atoms with van der Waals surface area (Å²) in [6.45, 7) is 5.49. The van der Waals surface area contributed by atoms with Gasteiger partial charge in [0.05, 0.1) is 5.69 Å². The average Bonchev–Trinajstić information content (AvgIpc) is 2.74. The van der Waals surface area contributed by atoms with E-state index in [9.17, 15) is 4.79 Å². The van der Waals surface area contributed by atoms with Crippen LogP contribution in [0.4, 0.5) is 0 Å². The Morgan fingerprint density at radius 2 is 2.11 bits per heavy atom. The smallest absolute Gasteiger partial charge is 0.269 e. The Bertz CT molecular complexity index is 374. The lowest BCUT2D eigenvalue weighted by molar-refractivity contribution is 0.0942. The van der Waals surface area contributed by atoms with Crippen LogP contribution < -0.4 is 5.32 Å². The predicted molar refractivity (Wildman–Crippen MR) is 70.5 cm³/mol. The lowest BCUT2D eigenvalue weighted by Gasteiger charge is -2.06. The van der Waals surface area contributed by atoms with Gasteiger partial charge in [-0.25, -0.2) is 0 Å². The van der Waals surface area contributed by atoms with Crippen LogP contribution in [0.1, 0.15) is 48.8 Å². The van der Waals surface area contributed by atoms with E-state index < -0.39 is 0 Å². The Labute approximate surface area is 108 Å². The molecule has 0 fully saturated rings. The van der Waals surface area contributed by atoms with E-state index in [0.29, 0.717) is 18.8 Å². The molecule has 1 amide bonds. The van der Waals surface area contributed by atoms with Gasteiger partial charge in [0.2, 0.25) is 0 Å². The van der Waals surface area contributed by atoms with Crippen molar-refractivity contribution in [1.29, 1.82) is 0 Å². The number of unbranched alkanes of at least 4 members (excludes halogenated alkanes) is 3. The normalized spacial score (nSPS) is 10.6. The number of nitrogens with one attached hydrogen (secondary N) is 1. The largest absolute Gasteiger partial charge is 0.396 e. The van der Waals surface area contributed by atoms with E-state index in [-0.39, 0.29) is 12.5 Å². The molecule has 5 heteroatoms. The number of aromatic nitrogens is 2. The SMILES string of the molecule is CCn1nc(C)cc1C(=O)NCCCCCCO. The van der Waals surface area contributed by atoms with Crippen molar-refractivity contribution in [3.05, 3.63) is 17.5 Å². The number of rotatable bonds is 8. The summed E-state index contributed by atoms with van der Waals surface area (Å²) in [6.07, 6.45) is 3.84. The Balaban J connectivity index is 2.32. The minimum absolute atomic E-state index is 0.0559. The molecule has 0 aliphatic rings. The number of hydrogen-bond donors (Lipinski definition) is 2. The minimum atomic E-state index is -0.0559. The minimum Gasteiger partial charge on any atom is -0.396 e. The maximum absolute atomic E-state index is 11.9. The second-order valence-corrected chi connectivity index (χ2v) is 4.38. The van der Waals surface area contributed by atoms with Gasteiger partial charge >= 0.3 is 0 Å². The quantitative estimate of drug-likeness (QED) is 0.690. The first kappa shape index (κ1) is 14.7. The van der Waals surface area contributed by atoms with Crippen molar-refractivity contribution in [2.45, 2.75) is 46.1 Å². The molecule has 0 atom stereocenters. The van der Waals surface area contributed by atoms with E-state index in [4.69, 9.17) is 5.11 Å². The fraction of sp³-hybridized carbons (Fsp3) is 0.692. The summed E-state index contributed by atoms with van der Waals surface area (Å²) in [5.74, 6) is -0.0559. The predicted octanol–water partition coefficient (Wildman–Crippen LogP) is 1.49. The fourth-order valence-corrected chi connectivity index (χ4v) is 1.85. The van der Waals surface area contributed by atoms with Crippen LogP contribution in [0.25, 0.3) is 0 Å². The van der Waals surface area contributed by atoms with Crippen LogP contribution in [0.15, 0.2) is 6.07 Å². The molecule has 0 unspecified atom stereocenters. The van der Waals surface area contributed by atoms with Crippen LogP contribution in [0.3, 0.4) is 0 Å². The van der Waals surface area contributed by atoms with E-state index in [1.54, 1.807) is 4.68 Å². The third-order valence-electron chi connectivity index (χ3n) is 2.80. The standard InChI is InChI=1S/C13H23N3O2/c1-3-16-12(10-11(2)15-16)13(18)14-8-6-4-5-7-9-17/h10,17H,3-9H2,1-2H3,(H,14,18). The van der Waals surface area contributed by atoms with Crippen molar-refractivity contribution in [3.8, 4) is 0 Å². The van der Waals surface area contributed by atoms with Crippen molar-refractivity contribution in [2.24, 2.45) is 0 Å². The van der Waals surface area contributed by atoms with Gasteiger partial charge in [-0.1, -0.05) is 12.8 Å². The summed E-state index contributed by atoms with van der Waals surface area (Å²) < 4.78 is 1.72. The van der Waals surface area contributed by atoms with Crippen LogP contribution in [0.5, 0.6) is 0 Å². The molecule has 0 radical (unpaired) electrons. The second kappa shape index (κ2) is 7.87. The van der Waals surface area contributed by atoms with Crippen molar-refractivity contribution in [1.82, 2.24) is 15.1 Å². The summed E-state index contributed by atoms with van der Waals surface area (Å²) in [5.41, 5.74) is 1.50. The van der Waals surface area contributed by atoms with Gasteiger partial charge in [-0.3, -0.25) is 9.48 Å². The highest BCUT2D eigenvalue weighted by atomic mass is 16.2. The van der Waals surface area contributed by atoms with Crippen LogP contribution >= 0.6 is 0 Å². The number of hydrogen-bond acceptors (Lipinski definition) is 3. The molecule has 2 N–H and O–H groups in total. The molecule has 0 aromatic carbocycles. The molecule has 5 nitrogen and oxygen atoms in total. The molecular weight excluding hydrogens is 230 g/mol. The number of aryl methyl sites for hydroxylation is 2. The lowest BCUT2D eigenvalue weighted by Crippen LogP contribution is -2.27. The molecule has 18 heavy (non-hydrogen) atoms. The van der Waals surface area contributed by atoms with Gasteiger partial charge in [0, 0.05) is 19.7 Å². The fourth-order valence-electron chi connectivity index (χ4n) is 1.85. The zero-order valence-electron chi connectivity index (χ0n) is 11.3. The van der Waals surface area contributed by atoms with Gasteiger partial charge in [0.1, 0.15) is 5.69 Å². The van der Waals surface area contributed by atoms with E-state index in [2.05, 4.69) is 10.4 Å². The summed E-state index contributed by atoms with van der Waals surface area (Å²) in [7, 11) is 0. The molecule has 0 bridgehead atoms. The zero-order valence-corrected chi connectivity index (χ0v) is 11.3. The summed E-state index contributed by atoms with van der Waals surface area (Å²) in [5, 5.41) is 15.8. The molecule has 0 saturated heterocycles. The number of aliphatic hydroxyl groups excluding tert-OH is 1. The third kappa shape index (κ3) is 4.49. The number of nitrogens with zero attached hydrogens (tertiary/aromatic N) is 2. The molecule has 1 rings (SSSR count). The molecular formula is C13H23N3O2. The topological polar surface area (TPSA) is 67.2 Å². The molecule has 1 aromatic rings. The highest BCUT2D eigenvalue weighted by Gasteiger charge is 2.11. The molecule has 0 spiro atoms. The van der Waals surface area contributed by atoms with Gasteiger partial charge in [-0.05, 0) is 32.8 Å². The maximum atomic E-state index is 11.9. The molecule has 0 aliphatic heterocycles.